The molecule has 1 heterocycles. The lowest BCUT2D eigenvalue weighted by molar-refractivity contribution is 0.483. The molecule has 0 aliphatic heterocycles. The summed E-state index contributed by atoms with van der Waals surface area (Å²) < 4.78 is 30.9. The van der Waals surface area contributed by atoms with Gasteiger partial charge in [0.15, 0.2) is 5.82 Å². The molecule has 0 saturated heterocycles. The van der Waals surface area contributed by atoms with Crippen LogP contribution in [0.1, 0.15) is 0 Å². The molecule has 1 aromatic heterocycles. The molecule has 0 fully saturated rings. The van der Waals surface area contributed by atoms with Gasteiger partial charge in [-0.3, -0.25) is 4.55 Å². The second kappa shape index (κ2) is 4.89. The van der Waals surface area contributed by atoms with Gasteiger partial charge in [0.25, 0.3) is 10.1 Å². The molecular formula is C9H6Cl2N4O3S. The van der Waals surface area contributed by atoms with Gasteiger partial charge in [-0.05, 0) is 41.4 Å². The van der Waals surface area contributed by atoms with Gasteiger partial charge in [0, 0.05) is 5.56 Å². The van der Waals surface area contributed by atoms with Crippen LogP contribution in [0.3, 0.4) is 0 Å². The number of nitrogens with two attached hydrogens (primary N) is 1. The van der Waals surface area contributed by atoms with E-state index in [4.69, 9.17) is 33.5 Å². The minimum Gasteiger partial charge on any atom is -0.398 e. The Morgan fingerprint density at radius 1 is 1.11 bits per heavy atom. The SMILES string of the molecule is Nc1cc(-c2nc(Cl)nc(Cl)n2)ccc1S(=O)(=O)O. The average Bonchev–Trinajstić information content (AvgIpc) is 2.25. The fourth-order valence-electron chi connectivity index (χ4n) is 1.38. The summed E-state index contributed by atoms with van der Waals surface area (Å²) in [6, 6.07) is 3.78. The van der Waals surface area contributed by atoms with Crippen LogP contribution in [0, 0.1) is 0 Å². The Bertz CT molecular complexity index is 731. The van der Waals surface area contributed by atoms with Crippen molar-refractivity contribution < 1.29 is 13.0 Å². The zero-order valence-corrected chi connectivity index (χ0v) is 11.4. The first-order chi connectivity index (χ1) is 8.77. The lowest BCUT2D eigenvalue weighted by Gasteiger charge is -2.05. The Morgan fingerprint density at radius 2 is 1.68 bits per heavy atom. The van der Waals surface area contributed by atoms with Crippen LogP contribution in [0.2, 0.25) is 10.6 Å². The zero-order chi connectivity index (χ0) is 14.2. The predicted octanol–water partition coefficient (Wildman–Crippen LogP) is 1.67. The van der Waals surface area contributed by atoms with E-state index in [9.17, 15) is 8.42 Å². The maximum atomic E-state index is 11.0. The molecule has 0 aliphatic rings. The number of hydrogen-bond acceptors (Lipinski definition) is 6. The van der Waals surface area contributed by atoms with Crippen LogP contribution < -0.4 is 5.73 Å². The first-order valence-corrected chi connectivity index (χ1v) is 6.91. The smallest absolute Gasteiger partial charge is 0.296 e. The van der Waals surface area contributed by atoms with E-state index in [1.54, 1.807) is 0 Å². The van der Waals surface area contributed by atoms with Gasteiger partial charge in [0.1, 0.15) is 4.90 Å². The second-order valence-electron chi connectivity index (χ2n) is 3.42. The standard InChI is InChI=1S/C9H6Cl2N4O3S/c10-8-13-7(14-9(11)15-8)4-1-2-6(5(12)3-4)19(16,17)18/h1-3H,12H2,(H,16,17,18). The van der Waals surface area contributed by atoms with Gasteiger partial charge in [0.05, 0.1) is 5.69 Å². The van der Waals surface area contributed by atoms with Crippen LogP contribution in [0.25, 0.3) is 11.4 Å². The highest BCUT2D eigenvalue weighted by Crippen LogP contribution is 2.25. The maximum absolute atomic E-state index is 11.0. The molecule has 0 unspecified atom stereocenters. The second-order valence-corrected chi connectivity index (χ2v) is 5.49. The molecule has 0 atom stereocenters. The molecule has 1 aromatic carbocycles. The third-order valence-corrected chi connectivity index (χ3v) is 3.39. The van der Waals surface area contributed by atoms with Crippen molar-refractivity contribution >= 4 is 39.0 Å². The Kier molecular flexibility index (Phi) is 3.59. The summed E-state index contributed by atoms with van der Waals surface area (Å²) in [5.41, 5.74) is 5.78. The van der Waals surface area contributed by atoms with Crippen molar-refractivity contribution in [3.8, 4) is 11.4 Å². The van der Waals surface area contributed by atoms with E-state index in [0.29, 0.717) is 5.56 Å². The number of nitrogens with zero attached hydrogens (tertiary/aromatic N) is 3. The zero-order valence-electron chi connectivity index (χ0n) is 9.08. The predicted molar refractivity (Wildman–Crippen MR) is 69.5 cm³/mol. The van der Waals surface area contributed by atoms with Gasteiger partial charge < -0.3 is 5.73 Å². The number of rotatable bonds is 2. The van der Waals surface area contributed by atoms with Crippen LogP contribution >= 0.6 is 23.2 Å². The van der Waals surface area contributed by atoms with Crippen molar-refractivity contribution in [2.75, 3.05) is 5.73 Å². The monoisotopic (exact) mass is 320 g/mol. The van der Waals surface area contributed by atoms with Crippen molar-refractivity contribution in [2.24, 2.45) is 0 Å². The first kappa shape index (κ1) is 13.9. The van der Waals surface area contributed by atoms with E-state index in [0.717, 1.165) is 6.07 Å². The van der Waals surface area contributed by atoms with Crippen molar-refractivity contribution in [1.82, 2.24) is 15.0 Å². The molecule has 0 amide bonds. The molecule has 0 bridgehead atoms. The van der Waals surface area contributed by atoms with Crippen LogP contribution in [-0.2, 0) is 10.1 Å². The lowest BCUT2D eigenvalue weighted by atomic mass is 10.2. The lowest BCUT2D eigenvalue weighted by Crippen LogP contribution is -2.03. The largest absolute Gasteiger partial charge is 0.398 e. The first-order valence-electron chi connectivity index (χ1n) is 4.72. The van der Waals surface area contributed by atoms with Crippen molar-refractivity contribution in [1.29, 1.82) is 0 Å². The summed E-state index contributed by atoms with van der Waals surface area (Å²) >= 11 is 11.3. The molecule has 0 saturated carbocycles. The molecule has 2 rings (SSSR count). The highest BCUT2D eigenvalue weighted by molar-refractivity contribution is 7.86. The minimum absolute atomic E-state index is 0.104. The Balaban J connectivity index is 2.56. The van der Waals surface area contributed by atoms with Gasteiger partial charge in [-0.15, -0.1) is 0 Å². The Labute approximate surface area is 118 Å². The van der Waals surface area contributed by atoms with Crippen LogP contribution in [0.4, 0.5) is 5.69 Å². The molecule has 100 valence electrons. The maximum Gasteiger partial charge on any atom is 0.296 e. The van der Waals surface area contributed by atoms with Crippen molar-refractivity contribution in [3.63, 3.8) is 0 Å². The van der Waals surface area contributed by atoms with E-state index in [2.05, 4.69) is 15.0 Å². The van der Waals surface area contributed by atoms with Crippen LogP contribution in [0.5, 0.6) is 0 Å². The number of halogens is 2. The normalized spacial score (nSPS) is 11.5. The van der Waals surface area contributed by atoms with E-state index < -0.39 is 15.0 Å². The molecule has 7 nitrogen and oxygen atoms in total. The minimum atomic E-state index is -4.38. The number of hydrogen-bond donors (Lipinski definition) is 2. The quantitative estimate of drug-likeness (QED) is 0.638. The molecule has 0 radical (unpaired) electrons. The van der Waals surface area contributed by atoms with E-state index in [1.165, 1.54) is 12.1 Å². The van der Waals surface area contributed by atoms with Gasteiger partial charge in [-0.2, -0.15) is 23.4 Å². The van der Waals surface area contributed by atoms with Gasteiger partial charge in [-0.1, -0.05) is 0 Å². The molecule has 19 heavy (non-hydrogen) atoms. The number of benzene rings is 1. The molecule has 3 N–H and O–H groups in total. The van der Waals surface area contributed by atoms with E-state index in [1.807, 2.05) is 0 Å². The number of nitrogen functional groups attached to an aromatic ring is 1. The average molecular weight is 321 g/mol. The third kappa shape index (κ3) is 3.10. The van der Waals surface area contributed by atoms with Crippen LogP contribution in [0.15, 0.2) is 23.1 Å². The van der Waals surface area contributed by atoms with Gasteiger partial charge in [0.2, 0.25) is 10.6 Å². The van der Waals surface area contributed by atoms with E-state index in [-0.39, 0.29) is 22.1 Å². The summed E-state index contributed by atoms with van der Waals surface area (Å²) in [5, 5.41) is -0.208. The Morgan fingerprint density at radius 3 is 2.16 bits per heavy atom. The van der Waals surface area contributed by atoms with Crippen molar-refractivity contribution in [2.45, 2.75) is 4.90 Å². The summed E-state index contributed by atoms with van der Waals surface area (Å²) in [4.78, 5) is 10.8. The molecular weight excluding hydrogens is 315 g/mol. The summed E-state index contributed by atoms with van der Waals surface area (Å²) in [6.07, 6.45) is 0. The van der Waals surface area contributed by atoms with Crippen molar-refractivity contribution in [3.05, 3.63) is 28.8 Å². The van der Waals surface area contributed by atoms with Gasteiger partial charge >= 0.3 is 0 Å². The van der Waals surface area contributed by atoms with E-state index >= 15 is 0 Å². The highest BCUT2D eigenvalue weighted by atomic mass is 35.5. The van der Waals surface area contributed by atoms with Crippen LogP contribution in [-0.4, -0.2) is 27.9 Å². The third-order valence-electron chi connectivity index (χ3n) is 2.13. The highest BCUT2D eigenvalue weighted by Gasteiger charge is 2.15. The number of anilines is 1. The fourth-order valence-corrected chi connectivity index (χ4v) is 2.34. The summed E-state index contributed by atoms with van der Waals surface area (Å²) in [7, 11) is -4.38. The Hall–Kier alpha value is -1.48. The summed E-state index contributed by atoms with van der Waals surface area (Å²) in [5.74, 6) is 0.138. The molecule has 0 spiro atoms. The summed E-state index contributed by atoms with van der Waals surface area (Å²) in [6.45, 7) is 0. The topological polar surface area (TPSA) is 119 Å². The molecule has 0 aliphatic carbocycles. The molecule has 2 aromatic rings. The number of aromatic nitrogens is 3. The fraction of sp³-hybridized carbons (Fsp3) is 0. The molecule has 10 heteroatoms. The van der Waals surface area contributed by atoms with Gasteiger partial charge in [-0.25, -0.2) is 0 Å².